The standard InChI is InChI=1S/C8H15NO3/c1-3-4-9-7(8(11)12)5-6(2)10/h7,9H,3-5H2,1-2H3,(H,11,12). The van der Waals surface area contributed by atoms with Crippen molar-refractivity contribution >= 4 is 11.8 Å². The lowest BCUT2D eigenvalue weighted by Crippen LogP contribution is -2.38. The van der Waals surface area contributed by atoms with Crippen LogP contribution in [-0.2, 0) is 9.59 Å². The van der Waals surface area contributed by atoms with E-state index in [1.807, 2.05) is 6.92 Å². The Labute approximate surface area is 72.0 Å². The fourth-order valence-corrected chi connectivity index (χ4v) is 0.853. The van der Waals surface area contributed by atoms with Crippen molar-refractivity contribution in [2.24, 2.45) is 0 Å². The second-order valence-corrected chi connectivity index (χ2v) is 2.75. The molecule has 0 fully saturated rings. The summed E-state index contributed by atoms with van der Waals surface area (Å²) < 4.78 is 0. The number of nitrogens with one attached hydrogen (secondary N) is 1. The smallest absolute Gasteiger partial charge is 0.321 e. The maximum absolute atomic E-state index is 10.6. The zero-order chi connectivity index (χ0) is 9.56. The Morgan fingerprint density at radius 2 is 2.08 bits per heavy atom. The minimum atomic E-state index is -0.960. The van der Waals surface area contributed by atoms with Crippen molar-refractivity contribution in [1.82, 2.24) is 5.32 Å². The summed E-state index contributed by atoms with van der Waals surface area (Å²) >= 11 is 0. The van der Waals surface area contributed by atoms with Crippen molar-refractivity contribution in [2.45, 2.75) is 32.7 Å². The lowest BCUT2D eigenvalue weighted by Gasteiger charge is -2.11. The summed E-state index contributed by atoms with van der Waals surface area (Å²) in [5.74, 6) is -1.07. The molecule has 70 valence electrons. The number of hydrogen-bond donors (Lipinski definition) is 2. The average molecular weight is 173 g/mol. The summed E-state index contributed by atoms with van der Waals surface area (Å²) in [6.07, 6.45) is 0.928. The van der Waals surface area contributed by atoms with E-state index < -0.39 is 12.0 Å². The van der Waals surface area contributed by atoms with E-state index >= 15 is 0 Å². The highest BCUT2D eigenvalue weighted by atomic mass is 16.4. The van der Waals surface area contributed by atoms with Gasteiger partial charge >= 0.3 is 5.97 Å². The van der Waals surface area contributed by atoms with Gasteiger partial charge in [0.1, 0.15) is 11.8 Å². The Morgan fingerprint density at radius 3 is 2.42 bits per heavy atom. The molecule has 2 N–H and O–H groups in total. The molecule has 4 nitrogen and oxygen atoms in total. The highest BCUT2D eigenvalue weighted by Gasteiger charge is 2.17. The Balaban J connectivity index is 3.87. The first-order valence-corrected chi connectivity index (χ1v) is 4.03. The molecule has 12 heavy (non-hydrogen) atoms. The van der Waals surface area contributed by atoms with Crippen LogP contribution in [0.2, 0.25) is 0 Å². The Morgan fingerprint density at radius 1 is 1.50 bits per heavy atom. The second kappa shape index (κ2) is 5.71. The van der Waals surface area contributed by atoms with Gasteiger partial charge in [0.15, 0.2) is 0 Å². The lowest BCUT2D eigenvalue weighted by atomic mass is 10.1. The zero-order valence-electron chi connectivity index (χ0n) is 7.46. The molecular formula is C8H15NO3. The van der Waals surface area contributed by atoms with Gasteiger partial charge in [0.2, 0.25) is 0 Å². The molecular weight excluding hydrogens is 158 g/mol. The summed E-state index contributed by atoms with van der Waals surface area (Å²) in [7, 11) is 0. The van der Waals surface area contributed by atoms with Gasteiger partial charge in [0, 0.05) is 6.42 Å². The molecule has 1 atom stereocenters. The molecule has 0 amide bonds. The third-order valence-electron chi connectivity index (χ3n) is 1.43. The van der Waals surface area contributed by atoms with Crippen LogP contribution in [0.1, 0.15) is 26.7 Å². The molecule has 0 spiro atoms. The van der Waals surface area contributed by atoms with Crippen molar-refractivity contribution in [3.63, 3.8) is 0 Å². The van der Waals surface area contributed by atoms with Crippen LogP contribution < -0.4 is 5.32 Å². The van der Waals surface area contributed by atoms with Gasteiger partial charge in [-0.3, -0.25) is 9.59 Å². The Bertz CT molecular complexity index is 168. The average Bonchev–Trinajstić information content (AvgIpc) is 1.96. The molecule has 0 aliphatic heterocycles. The predicted octanol–water partition coefficient (Wildman–Crippen LogP) is 0.418. The van der Waals surface area contributed by atoms with Crippen LogP contribution in [0.4, 0.5) is 0 Å². The van der Waals surface area contributed by atoms with Crippen LogP contribution in [0.5, 0.6) is 0 Å². The quantitative estimate of drug-likeness (QED) is 0.610. The summed E-state index contributed by atoms with van der Waals surface area (Å²) in [5, 5.41) is 11.4. The number of carbonyl (C=O) groups is 2. The second-order valence-electron chi connectivity index (χ2n) is 2.75. The molecule has 0 aromatic carbocycles. The maximum Gasteiger partial charge on any atom is 0.321 e. The van der Waals surface area contributed by atoms with Gasteiger partial charge in [-0.05, 0) is 19.9 Å². The fraction of sp³-hybridized carbons (Fsp3) is 0.750. The SMILES string of the molecule is CCCNC(CC(C)=O)C(=O)O. The highest BCUT2D eigenvalue weighted by molar-refractivity contribution is 5.84. The monoisotopic (exact) mass is 173 g/mol. The molecule has 0 bridgehead atoms. The highest BCUT2D eigenvalue weighted by Crippen LogP contribution is 1.93. The third kappa shape index (κ3) is 4.85. The number of carboxylic acids is 1. The first-order valence-electron chi connectivity index (χ1n) is 4.03. The summed E-state index contributed by atoms with van der Waals surface area (Å²) in [6, 6.07) is -0.720. The number of ketones is 1. The van der Waals surface area contributed by atoms with Crippen molar-refractivity contribution in [2.75, 3.05) is 6.54 Å². The molecule has 0 saturated heterocycles. The number of aliphatic carboxylic acids is 1. The Hall–Kier alpha value is -0.900. The number of Topliss-reactive ketones (excluding diaryl/α,β-unsaturated/α-hetero) is 1. The van der Waals surface area contributed by atoms with E-state index in [4.69, 9.17) is 5.11 Å². The van der Waals surface area contributed by atoms with Crippen molar-refractivity contribution in [1.29, 1.82) is 0 Å². The van der Waals surface area contributed by atoms with E-state index in [1.165, 1.54) is 6.92 Å². The molecule has 0 aliphatic carbocycles. The van der Waals surface area contributed by atoms with Crippen molar-refractivity contribution < 1.29 is 14.7 Å². The molecule has 0 aliphatic rings. The third-order valence-corrected chi connectivity index (χ3v) is 1.43. The van der Waals surface area contributed by atoms with Gasteiger partial charge in [-0.1, -0.05) is 6.92 Å². The molecule has 4 heteroatoms. The topological polar surface area (TPSA) is 66.4 Å². The number of hydrogen-bond acceptors (Lipinski definition) is 3. The first-order chi connectivity index (χ1) is 5.57. The van der Waals surface area contributed by atoms with E-state index in [1.54, 1.807) is 0 Å². The van der Waals surface area contributed by atoms with Gasteiger partial charge in [-0.2, -0.15) is 0 Å². The van der Waals surface area contributed by atoms with Crippen LogP contribution in [0, 0.1) is 0 Å². The molecule has 0 rings (SSSR count). The normalized spacial score (nSPS) is 12.5. The van der Waals surface area contributed by atoms with E-state index in [0.717, 1.165) is 6.42 Å². The van der Waals surface area contributed by atoms with Gasteiger partial charge < -0.3 is 10.4 Å². The van der Waals surface area contributed by atoms with Crippen LogP contribution in [0.3, 0.4) is 0 Å². The zero-order valence-corrected chi connectivity index (χ0v) is 7.46. The van der Waals surface area contributed by atoms with E-state index in [2.05, 4.69) is 5.32 Å². The minimum Gasteiger partial charge on any atom is -0.480 e. The van der Waals surface area contributed by atoms with Gasteiger partial charge in [-0.25, -0.2) is 0 Å². The van der Waals surface area contributed by atoms with E-state index in [-0.39, 0.29) is 12.2 Å². The predicted molar refractivity (Wildman–Crippen MR) is 45.0 cm³/mol. The van der Waals surface area contributed by atoms with Crippen LogP contribution in [0.15, 0.2) is 0 Å². The van der Waals surface area contributed by atoms with Gasteiger partial charge in [0.25, 0.3) is 0 Å². The molecule has 0 heterocycles. The molecule has 0 aromatic heterocycles. The summed E-state index contributed by atoms with van der Waals surface area (Å²) in [6.45, 7) is 3.97. The van der Waals surface area contributed by atoms with Gasteiger partial charge in [-0.15, -0.1) is 0 Å². The van der Waals surface area contributed by atoms with Crippen molar-refractivity contribution in [3.8, 4) is 0 Å². The fourth-order valence-electron chi connectivity index (χ4n) is 0.853. The first kappa shape index (κ1) is 11.1. The summed E-state index contributed by atoms with van der Waals surface area (Å²) in [4.78, 5) is 21.1. The number of rotatable bonds is 6. The molecule has 0 saturated carbocycles. The maximum atomic E-state index is 10.6. The van der Waals surface area contributed by atoms with E-state index in [0.29, 0.717) is 6.54 Å². The largest absolute Gasteiger partial charge is 0.480 e. The number of carbonyl (C=O) groups excluding carboxylic acids is 1. The number of carboxylic acid groups (broad SMARTS) is 1. The summed E-state index contributed by atoms with van der Waals surface area (Å²) in [5.41, 5.74) is 0. The minimum absolute atomic E-state index is 0.0648. The lowest BCUT2D eigenvalue weighted by molar-refractivity contribution is -0.141. The molecule has 0 radical (unpaired) electrons. The van der Waals surface area contributed by atoms with Crippen LogP contribution in [0.25, 0.3) is 0 Å². The van der Waals surface area contributed by atoms with Crippen LogP contribution >= 0.6 is 0 Å². The Kier molecular flexibility index (Phi) is 5.28. The van der Waals surface area contributed by atoms with Crippen LogP contribution in [-0.4, -0.2) is 29.4 Å². The molecule has 1 unspecified atom stereocenters. The van der Waals surface area contributed by atoms with Crippen molar-refractivity contribution in [3.05, 3.63) is 0 Å². The molecule has 0 aromatic rings. The van der Waals surface area contributed by atoms with E-state index in [9.17, 15) is 9.59 Å². The van der Waals surface area contributed by atoms with Gasteiger partial charge in [0.05, 0.1) is 0 Å².